The second kappa shape index (κ2) is 6.93. The van der Waals surface area contributed by atoms with E-state index in [1.165, 1.54) is 6.20 Å². The quantitative estimate of drug-likeness (QED) is 0.556. The number of ketones is 1. The first-order chi connectivity index (χ1) is 13.1. The zero-order chi connectivity index (χ0) is 19.0. The van der Waals surface area contributed by atoms with Gasteiger partial charge in [0.1, 0.15) is 5.69 Å². The number of amides is 1. The molecule has 2 aromatic carbocycles. The summed E-state index contributed by atoms with van der Waals surface area (Å²) in [6.45, 7) is 1.51. The van der Waals surface area contributed by atoms with Crippen molar-refractivity contribution in [2.75, 3.05) is 27.2 Å². The van der Waals surface area contributed by atoms with Gasteiger partial charge in [-0.15, -0.1) is 0 Å². The minimum atomic E-state index is -0.156. The number of benzene rings is 2. The Bertz CT molecular complexity index is 1060. The van der Waals surface area contributed by atoms with E-state index in [1.54, 1.807) is 0 Å². The van der Waals surface area contributed by atoms with Gasteiger partial charge in [0.15, 0.2) is 0 Å². The Morgan fingerprint density at radius 2 is 1.78 bits per heavy atom. The summed E-state index contributed by atoms with van der Waals surface area (Å²) in [5, 5.41) is 4.50. The van der Waals surface area contributed by atoms with Crippen LogP contribution in [0.15, 0.2) is 48.7 Å². The highest BCUT2D eigenvalue weighted by atomic mass is 16.1. The van der Waals surface area contributed by atoms with Crippen LogP contribution in [0.5, 0.6) is 0 Å². The Balaban J connectivity index is 1.76. The molecule has 5 heteroatoms. The van der Waals surface area contributed by atoms with Crippen molar-refractivity contribution in [1.82, 2.24) is 15.2 Å². The molecule has 1 aliphatic rings. The standard InChI is InChI=1S/C22H21N3O2/c1-25(2)12-6-11-23-22(27)18-13-24-20-19-15(9-5-10-16(18)19)14-7-3-4-8-17(14)21(20)26/h3-5,7-10,13H,6,11-12H2,1-2H3,(H,23,27). The van der Waals surface area contributed by atoms with Gasteiger partial charge in [0, 0.05) is 23.7 Å². The highest BCUT2D eigenvalue weighted by molar-refractivity contribution is 6.26. The highest BCUT2D eigenvalue weighted by Gasteiger charge is 2.27. The molecule has 1 N–H and O–H groups in total. The van der Waals surface area contributed by atoms with E-state index < -0.39 is 0 Å². The lowest BCUT2D eigenvalue weighted by Gasteiger charge is -2.20. The Morgan fingerprint density at radius 3 is 2.56 bits per heavy atom. The molecule has 0 spiro atoms. The molecule has 0 fully saturated rings. The Morgan fingerprint density at radius 1 is 1.04 bits per heavy atom. The van der Waals surface area contributed by atoms with Gasteiger partial charge in [0.25, 0.3) is 5.91 Å². The van der Waals surface area contributed by atoms with Crippen molar-refractivity contribution < 1.29 is 9.59 Å². The predicted molar refractivity (Wildman–Crippen MR) is 106 cm³/mol. The van der Waals surface area contributed by atoms with Crippen LogP contribution in [0.3, 0.4) is 0 Å². The zero-order valence-electron chi connectivity index (χ0n) is 15.5. The van der Waals surface area contributed by atoms with Crippen LogP contribution in [0.1, 0.15) is 32.8 Å². The van der Waals surface area contributed by atoms with E-state index in [-0.39, 0.29) is 11.7 Å². The first kappa shape index (κ1) is 17.4. The second-order valence-corrected chi connectivity index (χ2v) is 7.04. The fourth-order valence-electron chi connectivity index (χ4n) is 3.61. The molecule has 136 valence electrons. The smallest absolute Gasteiger partial charge is 0.253 e. The van der Waals surface area contributed by atoms with Crippen molar-refractivity contribution in [3.05, 3.63) is 65.5 Å². The number of fused-ring (bicyclic) bond motifs is 2. The minimum absolute atomic E-state index is 0.0905. The fraction of sp³-hybridized carbons (Fsp3) is 0.227. The maximum Gasteiger partial charge on any atom is 0.253 e. The van der Waals surface area contributed by atoms with Crippen molar-refractivity contribution >= 4 is 22.5 Å². The molecule has 0 saturated carbocycles. The molecule has 0 radical (unpaired) electrons. The van der Waals surface area contributed by atoms with E-state index in [2.05, 4.69) is 15.2 Å². The van der Waals surface area contributed by atoms with Gasteiger partial charge in [0.2, 0.25) is 5.78 Å². The van der Waals surface area contributed by atoms with E-state index >= 15 is 0 Å². The normalized spacial score (nSPS) is 12.3. The monoisotopic (exact) mass is 359 g/mol. The van der Waals surface area contributed by atoms with Crippen LogP contribution in [0.2, 0.25) is 0 Å². The van der Waals surface area contributed by atoms with E-state index in [0.29, 0.717) is 23.4 Å². The third kappa shape index (κ3) is 3.00. The van der Waals surface area contributed by atoms with Crippen molar-refractivity contribution in [2.24, 2.45) is 0 Å². The number of aromatic nitrogens is 1. The molecule has 0 aliphatic heterocycles. The molecule has 1 aromatic heterocycles. The van der Waals surface area contributed by atoms with Gasteiger partial charge in [0.05, 0.1) is 5.56 Å². The first-order valence-electron chi connectivity index (χ1n) is 9.06. The van der Waals surface area contributed by atoms with Gasteiger partial charge in [-0.1, -0.05) is 42.5 Å². The molecule has 0 bridgehead atoms. The van der Waals surface area contributed by atoms with Crippen molar-refractivity contribution in [3.8, 4) is 11.1 Å². The Kier molecular flexibility index (Phi) is 4.46. The van der Waals surface area contributed by atoms with Crippen LogP contribution in [0.4, 0.5) is 0 Å². The number of rotatable bonds is 5. The number of carbonyl (C=O) groups is 2. The lowest BCUT2D eigenvalue weighted by Crippen LogP contribution is -2.27. The molecule has 1 heterocycles. The first-order valence-corrected chi connectivity index (χ1v) is 9.06. The summed E-state index contributed by atoms with van der Waals surface area (Å²) in [5.41, 5.74) is 3.43. The van der Waals surface area contributed by atoms with Crippen LogP contribution in [0, 0.1) is 0 Å². The molecule has 0 atom stereocenters. The van der Waals surface area contributed by atoms with E-state index in [1.807, 2.05) is 56.6 Å². The van der Waals surface area contributed by atoms with Gasteiger partial charge in [-0.25, -0.2) is 0 Å². The number of hydrogen-bond acceptors (Lipinski definition) is 4. The van der Waals surface area contributed by atoms with Gasteiger partial charge >= 0.3 is 0 Å². The number of nitrogens with one attached hydrogen (secondary N) is 1. The third-order valence-corrected chi connectivity index (χ3v) is 4.90. The van der Waals surface area contributed by atoms with Gasteiger partial charge < -0.3 is 10.2 Å². The van der Waals surface area contributed by atoms with E-state index in [9.17, 15) is 9.59 Å². The molecule has 0 unspecified atom stereocenters. The zero-order valence-corrected chi connectivity index (χ0v) is 15.5. The van der Waals surface area contributed by atoms with Crippen molar-refractivity contribution in [2.45, 2.75) is 6.42 Å². The maximum absolute atomic E-state index is 12.9. The molecular weight excluding hydrogens is 338 g/mol. The number of hydrogen-bond donors (Lipinski definition) is 1. The average Bonchev–Trinajstić information content (AvgIpc) is 2.68. The lowest BCUT2D eigenvalue weighted by molar-refractivity contribution is 0.0952. The minimum Gasteiger partial charge on any atom is -0.352 e. The fourth-order valence-corrected chi connectivity index (χ4v) is 3.61. The summed E-state index contributed by atoms with van der Waals surface area (Å²) in [6.07, 6.45) is 2.40. The summed E-state index contributed by atoms with van der Waals surface area (Å²) in [4.78, 5) is 32.1. The summed E-state index contributed by atoms with van der Waals surface area (Å²) in [5.74, 6) is -0.247. The summed E-state index contributed by atoms with van der Waals surface area (Å²) >= 11 is 0. The topological polar surface area (TPSA) is 62.3 Å². The molecule has 3 aromatic rings. The number of nitrogens with zero attached hydrogens (tertiary/aromatic N) is 2. The van der Waals surface area contributed by atoms with Gasteiger partial charge in [-0.3, -0.25) is 14.6 Å². The Hall–Kier alpha value is -3.05. The average molecular weight is 359 g/mol. The molecule has 0 saturated heterocycles. The van der Waals surface area contributed by atoms with Crippen LogP contribution >= 0.6 is 0 Å². The van der Waals surface area contributed by atoms with Crippen molar-refractivity contribution in [3.63, 3.8) is 0 Å². The third-order valence-electron chi connectivity index (χ3n) is 4.90. The SMILES string of the molecule is CN(C)CCCNC(=O)c1cnc2c3c(cccc13)-c1ccccc1C2=O. The van der Waals surface area contributed by atoms with Crippen LogP contribution in [0.25, 0.3) is 21.9 Å². The Labute approximate surface area is 158 Å². The van der Waals surface area contributed by atoms with Crippen LogP contribution in [-0.4, -0.2) is 48.8 Å². The van der Waals surface area contributed by atoms with Gasteiger partial charge in [-0.05, 0) is 43.6 Å². The van der Waals surface area contributed by atoms with Crippen LogP contribution < -0.4 is 5.32 Å². The molecule has 5 nitrogen and oxygen atoms in total. The predicted octanol–water partition coefficient (Wildman–Crippen LogP) is 3.13. The lowest BCUT2D eigenvalue weighted by atomic mass is 9.84. The van der Waals surface area contributed by atoms with Gasteiger partial charge in [-0.2, -0.15) is 0 Å². The van der Waals surface area contributed by atoms with Crippen molar-refractivity contribution in [1.29, 1.82) is 0 Å². The molecule has 4 rings (SSSR count). The largest absolute Gasteiger partial charge is 0.352 e. The number of pyridine rings is 1. The maximum atomic E-state index is 12.9. The van der Waals surface area contributed by atoms with E-state index in [0.717, 1.165) is 34.9 Å². The molecule has 1 aliphatic carbocycles. The van der Waals surface area contributed by atoms with E-state index in [4.69, 9.17) is 0 Å². The highest BCUT2D eigenvalue weighted by Crippen LogP contribution is 2.39. The molecule has 27 heavy (non-hydrogen) atoms. The molecule has 1 amide bonds. The molecular formula is C22H21N3O2. The summed E-state index contributed by atoms with van der Waals surface area (Å²) in [6, 6.07) is 13.3. The number of carbonyl (C=O) groups excluding carboxylic acids is 2. The summed E-state index contributed by atoms with van der Waals surface area (Å²) in [7, 11) is 4.01. The van der Waals surface area contributed by atoms with Crippen LogP contribution in [-0.2, 0) is 0 Å². The summed E-state index contributed by atoms with van der Waals surface area (Å²) < 4.78 is 0. The second-order valence-electron chi connectivity index (χ2n) is 7.04.